The van der Waals surface area contributed by atoms with Crippen LogP contribution in [0, 0.1) is 4.77 Å². The Labute approximate surface area is 127 Å². The second-order valence-corrected chi connectivity index (χ2v) is 5.89. The number of imidazole rings is 1. The number of nitrogens with zero attached hydrogens (tertiary/aromatic N) is 1. The molecule has 0 saturated carbocycles. The van der Waals surface area contributed by atoms with Gasteiger partial charge in [0.1, 0.15) is 0 Å². The van der Waals surface area contributed by atoms with Gasteiger partial charge in [-0.05, 0) is 18.6 Å². The molecule has 114 valence electrons. The Morgan fingerprint density at radius 2 is 1.60 bits per heavy atom. The predicted molar refractivity (Wildman–Crippen MR) is 86.8 cm³/mol. The molecule has 0 bridgehead atoms. The van der Waals surface area contributed by atoms with Crippen molar-refractivity contribution in [3.8, 4) is 0 Å². The van der Waals surface area contributed by atoms with Crippen LogP contribution in [0.15, 0.2) is 6.20 Å². The third kappa shape index (κ3) is 7.04. The Kier molecular flexibility index (Phi) is 9.29. The van der Waals surface area contributed by atoms with E-state index in [1.807, 2.05) is 10.8 Å². The third-order valence-electron chi connectivity index (χ3n) is 3.69. The van der Waals surface area contributed by atoms with Crippen LogP contribution in [-0.4, -0.2) is 15.8 Å². The zero-order valence-corrected chi connectivity index (χ0v) is 13.5. The van der Waals surface area contributed by atoms with Gasteiger partial charge in [0.05, 0.1) is 5.69 Å². The number of nitrogens with one attached hydrogen (secondary N) is 1. The minimum Gasteiger partial charge on any atom is -0.328 e. The predicted octanol–water partition coefficient (Wildman–Crippen LogP) is 5.28. The summed E-state index contributed by atoms with van der Waals surface area (Å²) in [5, 5.41) is 0. The maximum absolute atomic E-state index is 10.6. The molecule has 0 aliphatic heterocycles. The smallest absolute Gasteiger partial charge is 0.177 e. The lowest BCUT2D eigenvalue weighted by molar-refractivity contribution is 0.111. The van der Waals surface area contributed by atoms with Crippen LogP contribution in [0.2, 0.25) is 0 Å². The third-order valence-corrected chi connectivity index (χ3v) is 4.02. The van der Waals surface area contributed by atoms with Crippen molar-refractivity contribution in [2.75, 3.05) is 0 Å². The number of carbonyl (C=O) groups excluding carboxylic acids is 1. The molecule has 0 unspecified atom stereocenters. The number of aldehydes is 1. The molecule has 0 aliphatic carbocycles. The van der Waals surface area contributed by atoms with E-state index in [0.29, 0.717) is 10.5 Å². The quantitative estimate of drug-likeness (QED) is 0.324. The van der Waals surface area contributed by atoms with Gasteiger partial charge in [0.15, 0.2) is 11.1 Å². The normalized spacial score (nSPS) is 10.8. The van der Waals surface area contributed by atoms with Crippen LogP contribution in [0.3, 0.4) is 0 Å². The molecule has 0 amide bonds. The summed E-state index contributed by atoms with van der Waals surface area (Å²) in [6.45, 7) is 3.18. The SMILES string of the molecule is CCCCCCCCCCCCn1cc(C=O)[nH]c1=S. The molecule has 0 aromatic carbocycles. The molecule has 3 nitrogen and oxygen atoms in total. The number of aromatic amines is 1. The highest BCUT2D eigenvalue weighted by atomic mass is 32.1. The lowest BCUT2D eigenvalue weighted by Crippen LogP contribution is -1.96. The van der Waals surface area contributed by atoms with Crippen LogP contribution < -0.4 is 0 Å². The highest BCUT2D eigenvalue weighted by Crippen LogP contribution is 2.11. The second-order valence-electron chi connectivity index (χ2n) is 5.51. The summed E-state index contributed by atoms with van der Waals surface area (Å²) in [4.78, 5) is 13.5. The molecule has 1 aromatic heterocycles. The van der Waals surface area contributed by atoms with E-state index in [4.69, 9.17) is 12.2 Å². The summed E-state index contributed by atoms with van der Waals surface area (Å²) in [5.41, 5.74) is 0.571. The van der Waals surface area contributed by atoms with Crippen molar-refractivity contribution in [3.63, 3.8) is 0 Å². The van der Waals surface area contributed by atoms with E-state index >= 15 is 0 Å². The summed E-state index contributed by atoms with van der Waals surface area (Å²) in [7, 11) is 0. The maximum Gasteiger partial charge on any atom is 0.177 e. The van der Waals surface area contributed by atoms with Gasteiger partial charge in [-0.2, -0.15) is 0 Å². The zero-order chi connectivity index (χ0) is 14.6. The first kappa shape index (κ1) is 17.2. The Balaban J connectivity index is 1.98. The molecular weight excluding hydrogens is 268 g/mol. The minimum atomic E-state index is 0.571. The van der Waals surface area contributed by atoms with Crippen molar-refractivity contribution in [2.24, 2.45) is 0 Å². The molecule has 0 radical (unpaired) electrons. The van der Waals surface area contributed by atoms with Gasteiger partial charge in [0, 0.05) is 12.7 Å². The highest BCUT2D eigenvalue weighted by Gasteiger charge is 1.99. The molecular formula is C16H28N2OS. The summed E-state index contributed by atoms with van der Waals surface area (Å²) < 4.78 is 2.62. The maximum atomic E-state index is 10.6. The highest BCUT2D eigenvalue weighted by molar-refractivity contribution is 7.71. The van der Waals surface area contributed by atoms with Crippen LogP contribution >= 0.6 is 12.2 Å². The van der Waals surface area contributed by atoms with Crippen LogP contribution in [0.5, 0.6) is 0 Å². The summed E-state index contributed by atoms with van der Waals surface area (Å²) in [6.07, 6.45) is 16.0. The molecule has 0 atom stereocenters. The fraction of sp³-hybridized carbons (Fsp3) is 0.750. The largest absolute Gasteiger partial charge is 0.328 e. The van der Waals surface area contributed by atoms with Gasteiger partial charge in [-0.1, -0.05) is 64.7 Å². The zero-order valence-electron chi connectivity index (χ0n) is 12.7. The average Bonchev–Trinajstić information content (AvgIpc) is 2.81. The number of unbranched alkanes of at least 4 members (excludes halogenated alkanes) is 9. The summed E-state index contributed by atoms with van der Waals surface area (Å²) in [5.74, 6) is 0. The number of aromatic nitrogens is 2. The van der Waals surface area contributed by atoms with Crippen LogP contribution in [0.4, 0.5) is 0 Å². The second kappa shape index (κ2) is 10.8. The Morgan fingerprint density at radius 3 is 2.10 bits per heavy atom. The Morgan fingerprint density at radius 1 is 1.05 bits per heavy atom. The topological polar surface area (TPSA) is 37.8 Å². The van der Waals surface area contributed by atoms with Gasteiger partial charge in [-0.25, -0.2) is 0 Å². The van der Waals surface area contributed by atoms with Gasteiger partial charge >= 0.3 is 0 Å². The van der Waals surface area contributed by atoms with E-state index in [9.17, 15) is 4.79 Å². The number of rotatable bonds is 12. The van der Waals surface area contributed by atoms with Crippen LogP contribution in [0.25, 0.3) is 0 Å². The van der Waals surface area contributed by atoms with Gasteiger partial charge < -0.3 is 9.55 Å². The summed E-state index contributed by atoms with van der Waals surface area (Å²) >= 11 is 5.16. The van der Waals surface area contributed by atoms with Crippen molar-refractivity contribution in [2.45, 2.75) is 77.7 Å². The lowest BCUT2D eigenvalue weighted by Gasteiger charge is -2.03. The molecule has 4 heteroatoms. The number of aryl methyl sites for hydroxylation is 1. The molecule has 1 aromatic rings. The molecule has 0 saturated heterocycles. The van der Waals surface area contributed by atoms with Crippen molar-refractivity contribution >= 4 is 18.5 Å². The average molecular weight is 296 g/mol. The fourth-order valence-electron chi connectivity index (χ4n) is 2.45. The molecule has 0 spiro atoms. The van der Waals surface area contributed by atoms with Gasteiger partial charge in [0.2, 0.25) is 0 Å². The number of carbonyl (C=O) groups is 1. The molecule has 20 heavy (non-hydrogen) atoms. The molecule has 1 N–H and O–H groups in total. The van der Waals surface area contributed by atoms with Crippen LogP contribution in [-0.2, 0) is 6.54 Å². The van der Waals surface area contributed by atoms with Gasteiger partial charge in [-0.3, -0.25) is 4.79 Å². The van der Waals surface area contributed by atoms with Crippen molar-refractivity contribution < 1.29 is 4.79 Å². The molecule has 0 aliphatic rings. The summed E-state index contributed by atoms with van der Waals surface area (Å²) in [6, 6.07) is 0. The van der Waals surface area contributed by atoms with E-state index in [2.05, 4.69) is 11.9 Å². The Bertz CT molecular complexity index is 422. The first-order chi connectivity index (χ1) is 9.77. The van der Waals surface area contributed by atoms with Gasteiger partial charge in [-0.15, -0.1) is 0 Å². The number of H-pyrrole nitrogens is 1. The number of hydrogen-bond acceptors (Lipinski definition) is 2. The first-order valence-corrected chi connectivity index (χ1v) is 8.43. The van der Waals surface area contributed by atoms with E-state index in [1.54, 1.807) is 0 Å². The molecule has 1 rings (SSSR count). The van der Waals surface area contributed by atoms with E-state index in [1.165, 1.54) is 57.8 Å². The molecule has 0 fully saturated rings. The minimum absolute atomic E-state index is 0.571. The van der Waals surface area contributed by atoms with Crippen molar-refractivity contribution in [1.82, 2.24) is 9.55 Å². The monoisotopic (exact) mass is 296 g/mol. The van der Waals surface area contributed by atoms with E-state index in [-0.39, 0.29) is 0 Å². The lowest BCUT2D eigenvalue weighted by atomic mass is 10.1. The van der Waals surface area contributed by atoms with Crippen LogP contribution in [0.1, 0.15) is 81.6 Å². The fourth-order valence-corrected chi connectivity index (χ4v) is 2.71. The van der Waals surface area contributed by atoms with Crippen molar-refractivity contribution in [1.29, 1.82) is 0 Å². The first-order valence-electron chi connectivity index (χ1n) is 8.02. The molecule has 1 heterocycles. The van der Waals surface area contributed by atoms with E-state index in [0.717, 1.165) is 19.3 Å². The standard InChI is InChI=1S/C16H28N2OS/c1-2-3-4-5-6-7-8-9-10-11-12-18-13-15(14-19)17-16(18)20/h13-14H,2-12H2,1H3,(H,17,20). The van der Waals surface area contributed by atoms with Crippen molar-refractivity contribution in [3.05, 3.63) is 16.7 Å². The van der Waals surface area contributed by atoms with E-state index < -0.39 is 0 Å². The van der Waals surface area contributed by atoms with Gasteiger partial charge in [0.25, 0.3) is 0 Å². The number of hydrogen-bond donors (Lipinski definition) is 1. The Hall–Kier alpha value is -0.900.